The van der Waals surface area contributed by atoms with Crippen molar-refractivity contribution in [2.24, 2.45) is 10.8 Å². The first kappa shape index (κ1) is 22.9. The first-order chi connectivity index (χ1) is 11.0. The average molecular weight is 346 g/mol. The molecule has 24 heavy (non-hydrogen) atoms. The van der Waals surface area contributed by atoms with Crippen LogP contribution in [-0.2, 0) is 29.4 Å². The Morgan fingerprint density at radius 1 is 0.625 bits per heavy atom. The molecule has 0 saturated heterocycles. The zero-order valence-electron chi connectivity index (χ0n) is 16.1. The Morgan fingerprint density at radius 3 is 1.25 bits per heavy atom. The molecule has 6 nitrogen and oxygen atoms in total. The van der Waals surface area contributed by atoms with Gasteiger partial charge in [-0.25, -0.2) is 9.59 Å². The zero-order chi connectivity index (χ0) is 18.6. The third-order valence-corrected chi connectivity index (χ3v) is 3.40. The molecule has 0 heterocycles. The van der Waals surface area contributed by atoms with Crippen molar-refractivity contribution >= 4 is 11.9 Å². The van der Waals surface area contributed by atoms with E-state index in [1.807, 2.05) is 0 Å². The van der Waals surface area contributed by atoms with E-state index < -0.39 is 11.9 Å². The monoisotopic (exact) mass is 346 g/mol. The summed E-state index contributed by atoms with van der Waals surface area (Å²) in [5.41, 5.74) is 0.509. The van der Waals surface area contributed by atoms with Crippen LogP contribution in [-0.4, -0.2) is 11.9 Å². The molecule has 6 heteroatoms. The van der Waals surface area contributed by atoms with Crippen molar-refractivity contribution in [3.63, 3.8) is 0 Å². The molecule has 0 spiro atoms. The third kappa shape index (κ3) is 17.2. The quantitative estimate of drug-likeness (QED) is 0.296. The van der Waals surface area contributed by atoms with Gasteiger partial charge in [-0.3, -0.25) is 9.78 Å². The predicted octanol–water partition coefficient (Wildman–Crippen LogP) is 5.06. The minimum atomic E-state index is -0.551. The van der Waals surface area contributed by atoms with E-state index in [9.17, 15) is 9.59 Å². The van der Waals surface area contributed by atoms with Gasteiger partial charge in [0.15, 0.2) is 0 Å². The van der Waals surface area contributed by atoms with Gasteiger partial charge in [-0.2, -0.15) is 0 Å². The molecule has 0 rings (SSSR count). The minimum absolute atomic E-state index is 0.236. The first-order valence-electron chi connectivity index (χ1n) is 8.73. The molecule has 0 aliphatic rings. The summed E-state index contributed by atoms with van der Waals surface area (Å²) in [7, 11) is 0. The highest BCUT2D eigenvalue weighted by Crippen LogP contribution is 2.22. The Bertz CT molecular complexity index is 329. The van der Waals surface area contributed by atoms with Gasteiger partial charge < -0.3 is 0 Å². The molecule has 0 aromatic heterocycles. The summed E-state index contributed by atoms with van der Waals surface area (Å²) >= 11 is 0. The van der Waals surface area contributed by atoms with E-state index >= 15 is 0 Å². The van der Waals surface area contributed by atoms with Gasteiger partial charge in [0.2, 0.25) is 0 Å². The number of unbranched alkanes of at least 4 members (excludes halogenated alkanes) is 2. The highest BCUT2D eigenvalue weighted by molar-refractivity contribution is 5.68. The van der Waals surface area contributed by atoms with E-state index in [-0.39, 0.29) is 23.7 Å². The fourth-order valence-electron chi connectivity index (χ4n) is 2.04. The summed E-state index contributed by atoms with van der Waals surface area (Å²) in [6, 6.07) is 0. The molecule has 0 atom stereocenters. The normalized spacial score (nSPS) is 12.1. The third-order valence-electron chi connectivity index (χ3n) is 3.40. The lowest BCUT2D eigenvalue weighted by atomic mass is 9.89. The topological polar surface area (TPSA) is 71.1 Å². The van der Waals surface area contributed by atoms with Crippen LogP contribution in [0.1, 0.15) is 92.9 Å². The summed E-state index contributed by atoms with van der Waals surface area (Å²) in [6.07, 6.45) is 5.83. The molecule has 0 aliphatic carbocycles. The van der Waals surface area contributed by atoms with Crippen LogP contribution < -0.4 is 0 Å². The van der Waals surface area contributed by atoms with E-state index in [0.29, 0.717) is 12.8 Å². The van der Waals surface area contributed by atoms with Gasteiger partial charge >= 0.3 is 11.9 Å². The maximum absolute atomic E-state index is 11.3. The molecule has 0 amide bonds. The van der Waals surface area contributed by atoms with Crippen LogP contribution in [0.3, 0.4) is 0 Å². The lowest BCUT2D eigenvalue weighted by Gasteiger charge is -2.17. The van der Waals surface area contributed by atoms with E-state index in [1.165, 1.54) is 0 Å². The van der Waals surface area contributed by atoms with Crippen LogP contribution in [0, 0.1) is 10.8 Å². The summed E-state index contributed by atoms with van der Waals surface area (Å²) in [5.74, 6) is -1.10. The van der Waals surface area contributed by atoms with Crippen LogP contribution in [0.4, 0.5) is 0 Å². The van der Waals surface area contributed by atoms with Crippen LogP contribution in [0.5, 0.6) is 0 Å². The highest BCUT2D eigenvalue weighted by Gasteiger charge is 2.13. The number of rotatable bonds is 11. The van der Waals surface area contributed by atoms with E-state index in [1.54, 1.807) is 0 Å². The molecule has 142 valence electrons. The Labute approximate surface area is 146 Å². The summed E-state index contributed by atoms with van der Waals surface area (Å²) in [4.78, 5) is 31.4. The molecule has 0 aromatic carbocycles. The van der Waals surface area contributed by atoms with Gasteiger partial charge in [-0.15, -0.1) is 0 Å². The van der Waals surface area contributed by atoms with Crippen molar-refractivity contribution in [3.8, 4) is 0 Å². The van der Waals surface area contributed by atoms with Crippen LogP contribution in [0.25, 0.3) is 0 Å². The van der Waals surface area contributed by atoms with Gasteiger partial charge in [-0.05, 0) is 36.5 Å². The minimum Gasteiger partial charge on any atom is -0.266 e. The van der Waals surface area contributed by atoms with E-state index in [2.05, 4.69) is 61.4 Å². The summed E-state index contributed by atoms with van der Waals surface area (Å²) < 4.78 is 0. The first-order valence-corrected chi connectivity index (χ1v) is 8.73. The maximum Gasteiger partial charge on any atom is 0.345 e. The Hall–Kier alpha value is -1.14. The molecule has 0 radical (unpaired) electrons. The summed E-state index contributed by atoms with van der Waals surface area (Å²) in [5, 5.41) is 8.26. The van der Waals surface area contributed by atoms with Gasteiger partial charge in [0.1, 0.15) is 0 Å². The van der Waals surface area contributed by atoms with E-state index in [0.717, 1.165) is 25.7 Å². The highest BCUT2D eigenvalue weighted by atomic mass is 17.7. The Kier molecular flexibility index (Phi) is 10.9. The Morgan fingerprint density at radius 2 is 0.958 bits per heavy atom. The van der Waals surface area contributed by atoms with Crippen molar-refractivity contribution in [3.05, 3.63) is 0 Å². The number of hydrogen-bond acceptors (Lipinski definition) is 6. The molecule has 0 unspecified atom stereocenters. The lowest BCUT2D eigenvalue weighted by Crippen LogP contribution is -2.11. The number of carbonyl (C=O) groups excluding carboxylic acids is 2. The molecule has 0 saturated carbocycles. The van der Waals surface area contributed by atoms with Crippen LogP contribution in [0.2, 0.25) is 0 Å². The van der Waals surface area contributed by atoms with Crippen molar-refractivity contribution < 1.29 is 29.4 Å². The van der Waals surface area contributed by atoms with Crippen molar-refractivity contribution in [1.82, 2.24) is 0 Å². The largest absolute Gasteiger partial charge is 0.345 e. The van der Waals surface area contributed by atoms with Crippen molar-refractivity contribution in [2.75, 3.05) is 0 Å². The second kappa shape index (κ2) is 11.4. The molecular formula is C18H34O6. The lowest BCUT2D eigenvalue weighted by molar-refractivity contribution is -0.600. The second-order valence-electron chi connectivity index (χ2n) is 8.58. The zero-order valence-corrected chi connectivity index (χ0v) is 16.1. The van der Waals surface area contributed by atoms with Crippen LogP contribution >= 0.6 is 0 Å². The van der Waals surface area contributed by atoms with Crippen molar-refractivity contribution in [1.29, 1.82) is 0 Å². The maximum atomic E-state index is 11.3. The average Bonchev–Trinajstić information content (AvgIpc) is 2.42. The van der Waals surface area contributed by atoms with Gasteiger partial charge in [-0.1, -0.05) is 54.4 Å². The van der Waals surface area contributed by atoms with Gasteiger partial charge in [0.25, 0.3) is 0 Å². The fourth-order valence-corrected chi connectivity index (χ4v) is 2.04. The molecule has 0 N–H and O–H groups in total. The molecule has 0 aromatic rings. The van der Waals surface area contributed by atoms with Crippen LogP contribution in [0.15, 0.2) is 0 Å². The second-order valence-corrected chi connectivity index (χ2v) is 8.58. The predicted molar refractivity (Wildman–Crippen MR) is 90.2 cm³/mol. The Balaban J connectivity index is 3.50. The van der Waals surface area contributed by atoms with Gasteiger partial charge in [0.05, 0.1) is 0 Å². The van der Waals surface area contributed by atoms with Crippen molar-refractivity contribution in [2.45, 2.75) is 92.9 Å². The standard InChI is InChI=1S/C18H34O6/c1-17(2,3)13-9-7-11-15(19)21-23-24-22-16(20)12-8-10-14-18(4,5)6/h7-14H2,1-6H3. The molecule has 0 bridgehead atoms. The number of hydrogen-bond donors (Lipinski definition) is 0. The molecule has 0 aliphatic heterocycles. The SMILES string of the molecule is CC(C)(C)CCCCC(=O)OOOOC(=O)CCCCC(C)(C)C. The van der Waals surface area contributed by atoms with E-state index in [4.69, 9.17) is 0 Å². The smallest absolute Gasteiger partial charge is 0.266 e. The fraction of sp³-hybridized carbons (Fsp3) is 0.889. The molecular weight excluding hydrogens is 312 g/mol. The molecule has 0 fully saturated rings. The number of carbonyl (C=O) groups is 2. The van der Waals surface area contributed by atoms with Gasteiger partial charge in [0, 0.05) is 22.9 Å². The summed E-state index contributed by atoms with van der Waals surface area (Å²) in [6.45, 7) is 12.9.